The Morgan fingerprint density at radius 1 is 1.26 bits per heavy atom. The van der Waals surface area contributed by atoms with Crippen molar-refractivity contribution in [3.63, 3.8) is 0 Å². The topological polar surface area (TPSA) is 15.3 Å². The molecule has 0 unspecified atom stereocenters. The summed E-state index contributed by atoms with van der Waals surface area (Å²) in [7, 11) is 4.40. The zero-order valence-electron chi connectivity index (χ0n) is 12.3. The molecule has 1 N–H and O–H groups in total. The average Bonchev–Trinajstić information content (AvgIpc) is 2.82. The Morgan fingerprint density at radius 3 is 2.53 bits per heavy atom. The molecule has 1 aliphatic rings. The van der Waals surface area contributed by atoms with Crippen LogP contribution in [0, 0.1) is 6.92 Å². The van der Waals surface area contributed by atoms with Crippen molar-refractivity contribution >= 4 is 11.6 Å². The maximum absolute atomic E-state index is 6.27. The number of benzene rings is 1. The van der Waals surface area contributed by atoms with Crippen molar-refractivity contribution < 1.29 is 0 Å². The van der Waals surface area contributed by atoms with Gasteiger partial charge >= 0.3 is 0 Å². The first-order chi connectivity index (χ1) is 9.03. The van der Waals surface area contributed by atoms with Crippen LogP contribution in [0.15, 0.2) is 18.2 Å². The maximum atomic E-state index is 6.27. The lowest BCUT2D eigenvalue weighted by atomic mass is 9.96. The van der Waals surface area contributed by atoms with Crippen LogP contribution in [0.2, 0.25) is 5.02 Å². The number of nitrogens with zero attached hydrogens (tertiary/aromatic N) is 1. The first-order valence-corrected chi connectivity index (χ1v) is 7.54. The second-order valence-corrected chi connectivity index (χ2v) is 6.43. The Kier molecular flexibility index (Phi) is 4.88. The molecule has 1 saturated carbocycles. The first kappa shape index (κ1) is 14.8. The number of aryl methyl sites for hydroxylation is 1. The van der Waals surface area contributed by atoms with Gasteiger partial charge in [-0.15, -0.1) is 0 Å². The number of halogens is 1. The van der Waals surface area contributed by atoms with E-state index in [1.54, 1.807) is 0 Å². The van der Waals surface area contributed by atoms with Crippen molar-refractivity contribution in [2.24, 2.45) is 0 Å². The second kappa shape index (κ2) is 6.25. The van der Waals surface area contributed by atoms with Crippen LogP contribution in [0.3, 0.4) is 0 Å². The number of nitrogens with one attached hydrogen (secondary N) is 1. The van der Waals surface area contributed by atoms with Gasteiger partial charge in [0, 0.05) is 23.7 Å². The van der Waals surface area contributed by atoms with Gasteiger partial charge in [0.1, 0.15) is 0 Å². The highest BCUT2D eigenvalue weighted by Crippen LogP contribution is 2.33. The SMILES string of the molecule is Cc1ccc(CNCC2(N(C)C)CCCC2)c(Cl)c1. The van der Waals surface area contributed by atoms with E-state index in [1.807, 2.05) is 6.07 Å². The van der Waals surface area contributed by atoms with Gasteiger partial charge in [-0.1, -0.05) is 36.6 Å². The largest absolute Gasteiger partial charge is 0.311 e. The number of hydrogen-bond donors (Lipinski definition) is 1. The lowest BCUT2D eigenvalue weighted by Gasteiger charge is -2.36. The molecule has 0 aliphatic heterocycles. The molecule has 0 heterocycles. The fraction of sp³-hybridized carbons (Fsp3) is 0.625. The van der Waals surface area contributed by atoms with Crippen molar-refractivity contribution in [1.29, 1.82) is 0 Å². The summed E-state index contributed by atoms with van der Waals surface area (Å²) >= 11 is 6.27. The summed E-state index contributed by atoms with van der Waals surface area (Å²) in [4.78, 5) is 2.39. The fourth-order valence-electron chi connectivity index (χ4n) is 3.04. The van der Waals surface area contributed by atoms with Crippen molar-refractivity contribution in [3.05, 3.63) is 34.3 Å². The molecule has 1 fully saturated rings. The van der Waals surface area contributed by atoms with Crippen LogP contribution in [-0.2, 0) is 6.54 Å². The number of likely N-dealkylation sites (N-methyl/N-ethyl adjacent to an activating group) is 1. The van der Waals surface area contributed by atoms with E-state index in [0.717, 1.165) is 18.1 Å². The summed E-state index contributed by atoms with van der Waals surface area (Å²) in [6.45, 7) is 3.97. The molecule has 1 aromatic rings. The molecule has 0 bridgehead atoms. The Hall–Kier alpha value is -0.570. The average molecular weight is 281 g/mol. The summed E-state index contributed by atoms with van der Waals surface area (Å²) in [6, 6.07) is 6.29. The van der Waals surface area contributed by atoms with Crippen LogP contribution in [0.4, 0.5) is 0 Å². The normalized spacial score (nSPS) is 18.2. The van der Waals surface area contributed by atoms with Crippen LogP contribution in [0.1, 0.15) is 36.8 Å². The van der Waals surface area contributed by atoms with E-state index in [4.69, 9.17) is 11.6 Å². The Labute approximate surface area is 122 Å². The zero-order chi connectivity index (χ0) is 13.9. The molecule has 1 aromatic carbocycles. The molecular formula is C16H25ClN2. The van der Waals surface area contributed by atoms with Gasteiger partial charge in [0.15, 0.2) is 0 Å². The quantitative estimate of drug-likeness (QED) is 0.886. The number of hydrogen-bond acceptors (Lipinski definition) is 2. The van der Waals surface area contributed by atoms with Gasteiger partial charge < -0.3 is 10.2 Å². The van der Waals surface area contributed by atoms with E-state index in [-0.39, 0.29) is 0 Å². The van der Waals surface area contributed by atoms with Crippen LogP contribution >= 0.6 is 11.6 Å². The summed E-state index contributed by atoms with van der Waals surface area (Å²) in [5, 5.41) is 4.47. The van der Waals surface area contributed by atoms with E-state index in [2.05, 4.69) is 43.4 Å². The minimum Gasteiger partial charge on any atom is -0.311 e. The van der Waals surface area contributed by atoms with Crippen molar-refractivity contribution in [3.8, 4) is 0 Å². The van der Waals surface area contributed by atoms with Crippen LogP contribution in [0.25, 0.3) is 0 Å². The van der Waals surface area contributed by atoms with Gasteiger partial charge in [0.05, 0.1) is 0 Å². The van der Waals surface area contributed by atoms with Crippen LogP contribution in [-0.4, -0.2) is 31.1 Å². The van der Waals surface area contributed by atoms with Gasteiger partial charge in [0.25, 0.3) is 0 Å². The first-order valence-electron chi connectivity index (χ1n) is 7.17. The summed E-state index contributed by atoms with van der Waals surface area (Å²) in [5.74, 6) is 0. The molecule has 0 saturated heterocycles. The third-order valence-electron chi connectivity index (χ3n) is 4.46. The molecule has 2 rings (SSSR count). The van der Waals surface area contributed by atoms with Crippen molar-refractivity contribution in [1.82, 2.24) is 10.2 Å². The van der Waals surface area contributed by atoms with E-state index >= 15 is 0 Å². The zero-order valence-corrected chi connectivity index (χ0v) is 13.1. The monoisotopic (exact) mass is 280 g/mol. The fourth-order valence-corrected chi connectivity index (χ4v) is 3.34. The smallest absolute Gasteiger partial charge is 0.0453 e. The van der Waals surface area contributed by atoms with Gasteiger partial charge in [-0.05, 0) is 51.1 Å². The predicted octanol–water partition coefficient (Wildman–Crippen LogP) is 3.61. The van der Waals surface area contributed by atoms with E-state index in [1.165, 1.54) is 36.8 Å². The molecule has 0 amide bonds. The minimum absolute atomic E-state index is 0.344. The third kappa shape index (κ3) is 3.50. The Bertz CT molecular complexity index is 423. The molecule has 19 heavy (non-hydrogen) atoms. The molecule has 0 spiro atoms. The summed E-state index contributed by atoms with van der Waals surface area (Å²) in [6.07, 6.45) is 5.31. The highest BCUT2D eigenvalue weighted by molar-refractivity contribution is 6.31. The van der Waals surface area contributed by atoms with Crippen LogP contribution in [0.5, 0.6) is 0 Å². The molecule has 106 valence electrons. The predicted molar refractivity (Wildman–Crippen MR) is 82.8 cm³/mol. The molecule has 3 heteroatoms. The summed E-state index contributed by atoms with van der Waals surface area (Å²) < 4.78 is 0. The van der Waals surface area contributed by atoms with E-state index < -0.39 is 0 Å². The second-order valence-electron chi connectivity index (χ2n) is 6.02. The van der Waals surface area contributed by atoms with E-state index in [9.17, 15) is 0 Å². The molecular weight excluding hydrogens is 256 g/mol. The standard InChI is InChI=1S/C16H25ClN2/c1-13-6-7-14(15(17)10-13)11-18-12-16(19(2)3)8-4-5-9-16/h6-7,10,18H,4-5,8-9,11-12H2,1-3H3. The molecule has 2 nitrogen and oxygen atoms in total. The Balaban J connectivity index is 1.92. The highest BCUT2D eigenvalue weighted by Gasteiger charge is 2.35. The van der Waals surface area contributed by atoms with Gasteiger partial charge in [0.2, 0.25) is 0 Å². The molecule has 0 atom stereocenters. The van der Waals surface area contributed by atoms with Gasteiger partial charge in [-0.2, -0.15) is 0 Å². The van der Waals surface area contributed by atoms with Crippen molar-refractivity contribution in [2.45, 2.75) is 44.7 Å². The minimum atomic E-state index is 0.344. The maximum Gasteiger partial charge on any atom is 0.0453 e. The van der Waals surface area contributed by atoms with Gasteiger partial charge in [-0.3, -0.25) is 0 Å². The lowest BCUT2D eigenvalue weighted by molar-refractivity contribution is 0.153. The third-order valence-corrected chi connectivity index (χ3v) is 4.81. The molecule has 0 radical (unpaired) electrons. The van der Waals surface area contributed by atoms with Crippen LogP contribution < -0.4 is 5.32 Å². The number of rotatable bonds is 5. The molecule has 1 aliphatic carbocycles. The lowest BCUT2D eigenvalue weighted by Crippen LogP contribution is -2.49. The Morgan fingerprint density at radius 2 is 1.95 bits per heavy atom. The van der Waals surface area contributed by atoms with E-state index in [0.29, 0.717) is 5.54 Å². The molecule has 0 aromatic heterocycles. The summed E-state index contributed by atoms with van der Waals surface area (Å²) in [5.41, 5.74) is 2.76. The highest BCUT2D eigenvalue weighted by atomic mass is 35.5. The van der Waals surface area contributed by atoms with Crippen molar-refractivity contribution in [2.75, 3.05) is 20.6 Å². The van der Waals surface area contributed by atoms with Gasteiger partial charge in [-0.25, -0.2) is 0 Å².